The molecule has 0 bridgehead atoms. The molecular weight excluding hydrogens is 288 g/mol. The molecule has 0 aliphatic heterocycles. The van der Waals surface area contributed by atoms with Gasteiger partial charge in [-0.25, -0.2) is 0 Å². The molecule has 2 aromatic rings. The van der Waals surface area contributed by atoms with Crippen molar-refractivity contribution < 1.29 is 9.21 Å². The van der Waals surface area contributed by atoms with Gasteiger partial charge in [0.2, 0.25) is 5.91 Å². The van der Waals surface area contributed by atoms with Crippen LogP contribution in [-0.4, -0.2) is 31.4 Å². The minimum absolute atomic E-state index is 0.0329. The van der Waals surface area contributed by atoms with Gasteiger partial charge in [-0.05, 0) is 45.5 Å². The Morgan fingerprint density at radius 3 is 2.87 bits per heavy atom. The van der Waals surface area contributed by atoms with Crippen molar-refractivity contribution in [2.45, 2.75) is 25.3 Å². The number of furan rings is 1. The van der Waals surface area contributed by atoms with Crippen LogP contribution in [0.3, 0.4) is 0 Å². The van der Waals surface area contributed by atoms with Gasteiger partial charge in [-0.1, -0.05) is 30.4 Å². The molecule has 1 aliphatic rings. The van der Waals surface area contributed by atoms with E-state index in [1.54, 1.807) is 0 Å². The summed E-state index contributed by atoms with van der Waals surface area (Å²) in [5.74, 6) is 1.15. The number of nitrogens with zero attached hydrogens (tertiary/aromatic N) is 1. The molecular formula is C19H24N2O2. The molecule has 0 spiro atoms. The van der Waals surface area contributed by atoms with E-state index in [4.69, 9.17) is 4.42 Å². The number of amides is 1. The predicted molar refractivity (Wildman–Crippen MR) is 92.1 cm³/mol. The van der Waals surface area contributed by atoms with E-state index in [9.17, 15) is 4.79 Å². The number of fused-ring (bicyclic) bond motifs is 1. The third kappa shape index (κ3) is 3.64. The molecule has 122 valence electrons. The van der Waals surface area contributed by atoms with Crippen molar-refractivity contribution in [1.82, 2.24) is 10.2 Å². The van der Waals surface area contributed by atoms with E-state index in [1.165, 1.54) is 0 Å². The predicted octanol–water partition coefficient (Wildman–Crippen LogP) is 3.51. The largest absolute Gasteiger partial charge is 0.459 e. The van der Waals surface area contributed by atoms with Gasteiger partial charge in [0.25, 0.3) is 0 Å². The van der Waals surface area contributed by atoms with Crippen LogP contribution in [0.1, 0.15) is 31.1 Å². The highest BCUT2D eigenvalue weighted by Crippen LogP contribution is 2.26. The van der Waals surface area contributed by atoms with Gasteiger partial charge in [-0.3, -0.25) is 9.69 Å². The normalized spacial score (nSPS) is 19.2. The first-order valence-electron chi connectivity index (χ1n) is 8.23. The first-order chi connectivity index (χ1) is 11.1. The Morgan fingerprint density at radius 1 is 1.35 bits per heavy atom. The second-order valence-electron chi connectivity index (χ2n) is 6.39. The number of carbonyl (C=O) groups excluding carboxylic acids is 1. The smallest absolute Gasteiger partial charge is 0.223 e. The van der Waals surface area contributed by atoms with E-state index in [-0.39, 0.29) is 17.9 Å². The van der Waals surface area contributed by atoms with Crippen LogP contribution in [0, 0.1) is 5.92 Å². The second-order valence-corrected chi connectivity index (χ2v) is 6.39. The summed E-state index contributed by atoms with van der Waals surface area (Å²) >= 11 is 0. The summed E-state index contributed by atoms with van der Waals surface area (Å²) in [4.78, 5) is 14.4. The lowest BCUT2D eigenvalue weighted by molar-refractivity contribution is -0.125. The quantitative estimate of drug-likeness (QED) is 0.859. The van der Waals surface area contributed by atoms with E-state index >= 15 is 0 Å². The average molecular weight is 312 g/mol. The molecule has 0 radical (unpaired) electrons. The molecule has 1 aromatic carbocycles. The van der Waals surface area contributed by atoms with Crippen LogP contribution in [-0.2, 0) is 4.79 Å². The van der Waals surface area contributed by atoms with Crippen molar-refractivity contribution in [3.05, 3.63) is 48.2 Å². The van der Waals surface area contributed by atoms with Crippen LogP contribution in [0.5, 0.6) is 0 Å². The lowest BCUT2D eigenvalue weighted by Gasteiger charge is -2.24. The van der Waals surface area contributed by atoms with Crippen molar-refractivity contribution in [1.29, 1.82) is 0 Å². The Bertz CT molecular complexity index is 669. The molecule has 23 heavy (non-hydrogen) atoms. The molecule has 1 heterocycles. The number of rotatable bonds is 5. The van der Waals surface area contributed by atoms with Gasteiger partial charge in [-0.15, -0.1) is 0 Å². The summed E-state index contributed by atoms with van der Waals surface area (Å²) in [7, 11) is 4.01. The van der Waals surface area contributed by atoms with Crippen molar-refractivity contribution in [2.24, 2.45) is 5.92 Å². The van der Waals surface area contributed by atoms with Crippen LogP contribution < -0.4 is 5.32 Å². The first-order valence-corrected chi connectivity index (χ1v) is 8.23. The molecule has 3 rings (SSSR count). The fourth-order valence-corrected chi connectivity index (χ4v) is 3.08. The molecule has 1 aliphatic carbocycles. The van der Waals surface area contributed by atoms with E-state index in [1.807, 2.05) is 38.4 Å². The Kier molecular flexibility index (Phi) is 4.82. The highest BCUT2D eigenvalue weighted by Gasteiger charge is 2.23. The molecule has 1 aromatic heterocycles. The Hall–Kier alpha value is -2.07. The molecule has 0 unspecified atom stereocenters. The fraction of sp³-hybridized carbons (Fsp3) is 0.421. The summed E-state index contributed by atoms with van der Waals surface area (Å²) in [5.41, 5.74) is 0.887. The fourth-order valence-electron chi connectivity index (χ4n) is 3.08. The first kappa shape index (κ1) is 15.8. The van der Waals surface area contributed by atoms with Gasteiger partial charge in [0.15, 0.2) is 0 Å². The minimum Gasteiger partial charge on any atom is -0.459 e. The topological polar surface area (TPSA) is 45.5 Å². The van der Waals surface area contributed by atoms with Crippen LogP contribution in [0.4, 0.5) is 0 Å². The van der Waals surface area contributed by atoms with Crippen LogP contribution in [0.2, 0.25) is 0 Å². The third-order valence-corrected chi connectivity index (χ3v) is 4.51. The SMILES string of the molecule is CN(C)[C@H](CNC(=O)[C@@H]1CC=CCC1)c1cc2ccccc2o1. The zero-order chi connectivity index (χ0) is 16.2. The van der Waals surface area contributed by atoms with Gasteiger partial charge in [-0.2, -0.15) is 0 Å². The summed E-state index contributed by atoms with van der Waals surface area (Å²) in [5, 5.41) is 4.20. The molecule has 4 nitrogen and oxygen atoms in total. The van der Waals surface area contributed by atoms with Gasteiger partial charge in [0.1, 0.15) is 11.3 Å². The average Bonchev–Trinajstić information content (AvgIpc) is 2.99. The Balaban J connectivity index is 1.69. The molecule has 0 saturated carbocycles. The van der Waals surface area contributed by atoms with Crippen LogP contribution in [0.25, 0.3) is 11.0 Å². The van der Waals surface area contributed by atoms with Gasteiger partial charge in [0.05, 0.1) is 6.04 Å². The number of nitrogens with one attached hydrogen (secondary N) is 1. The third-order valence-electron chi connectivity index (χ3n) is 4.51. The summed E-state index contributed by atoms with van der Waals surface area (Å²) in [6, 6.07) is 10.1. The maximum Gasteiger partial charge on any atom is 0.223 e. The zero-order valence-electron chi connectivity index (χ0n) is 13.8. The number of hydrogen-bond acceptors (Lipinski definition) is 3. The number of likely N-dealkylation sites (N-methyl/N-ethyl adjacent to an activating group) is 1. The standard InChI is InChI=1S/C19H24N2O2/c1-21(2)16(13-20-19(22)14-8-4-3-5-9-14)18-12-15-10-6-7-11-17(15)23-18/h3-4,6-7,10-12,14,16H,5,8-9,13H2,1-2H3,(H,20,22)/t14-,16-/m1/s1. The number of para-hydroxylation sites is 1. The molecule has 4 heteroatoms. The van der Waals surface area contributed by atoms with Crippen molar-refractivity contribution >= 4 is 16.9 Å². The molecule has 1 amide bonds. The minimum atomic E-state index is 0.0329. The molecule has 0 fully saturated rings. The van der Waals surface area contributed by atoms with Gasteiger partial charge >= 0.3 is 0 Å². The lowest BCUT2D eigenvalue weighted by Crippen LogP contribution is -2.37. The van der Waals surface area contributed by atoms with Crippen LogP contribution >= 0.6 is 0 Å². The summed E-state index contributed by atoms with van der Waals surface area (Å²) in [6.45, 7) is 0.561. The molecule has 1 N–H and O–H groups in total. The van der Waals surface area contributed by atoms with Crippen LogP contribution in [0.15, 0.2) is 46.9 Å². The van der Waals surface area contributed by atoms with E-state index in [0.29, 0.717) is 6.54 Å². The van der Waals surface area contributed by atoms with Crippen molar-refractivity contribution in [2.75, 3.05) is 20.6 Å². The highest BCUT2D eigenvalue weighted by atomic mass is 16.3. The van der Waals surface area contributed by atoms with Crippen molar-refractivity contribution in [3.8, 4) is 0 Å². The Morgan fingerprint density at radius 2 is 2.17 bits per heavy atom. The monoisotopic (exact) mass is 312 g/mol. The highest BCUT2D eigenvalue weighted by molar-refractivity contribution is 5.79. The number of hydrogen-bond donors (Lipinski definition) is 1. The van der Waals surface area contributed by atoms with Gasteiger partial charge < -0.3 is 9.73 Å². The number of allylic oxidation sites excluding steroid dienone is 2. The zero-order valence-corrected chi connectivity index (χ0v) is 13.8. The number of carbonyl (C=O) groups is 1. The van der Waals surface area contributed by atoms with E-state index in [0.717, 1.165) is 36.0 Å². The number of benzene rings is 1. The lowest BCUT2D eigenvalue weighted by atomic mass is 9.93. The summed E-state index contributed by atoms with van der Waals surface area (Å²) in [6.07, 6.45) is 7.05. The molecule has 2 atom stereocenters. The van der Waals surface area contributed by atoms with E-state index < -0.39 is 0 Å². The second kappa shape index (κ2) is 7.01. The molecule has 0 saturated heterocycles. The van der Waals surface area contributed by atoms with Gasteiger partial charge in [0, 0.05) is 17.8 Å². The Labute approximate surface area is 137 Å². The van der Waals surface area contributed by atoms with Crippen molar-refractivity contribution in [3.63, 3.8) is 0 Å². The maximum atomic E-state index is 12.3. The maximum absolute atomic E-state index is 12.3. The summed E-state index contributed by atoms with van der Waals surface area (Å²) < 4.78 is 5.97. The van der Waals surface area contributed by atoms with E-state index in [2.05, 4.69) is 28.4 Å².